The highest BCUT2D eigenvalue weighted by atomic mass is 16.3. The zero-order valence-electron chi connectivity index (χ0n) is 45.3. The number of hydrogen-bond acceptors (Lipinski definition) is 3. The molecule has 2 aliphatic rings. The van der Waals surface area contributed by atoms with Crippen molar-refractivity contribution in [3.05, 3.63) is 210 Å². The highest BCUT2D eigenvalue weighted by molar-refractivity contribution is 7.00. The second-order valence-corrected chi connectivity index (χ2v) is 25.1. The number of hydrogen-bond donors (Lipinski definition) is 0. The molecule has 1 aromatic heterocycles. The van der Waals surface area contributed by atoms with Crippen LogP contribution in [0, 0.1) is 0 Å². The zero-order chi connectivity index (χ0) is 51.6. The maximum atomic E-state index is 6.94. The molecule has 12 rings (SSSR count). The predicted octanol–water partition coefficient (Wildman–Crippen LogP) is 17.9. The van der Waals surface area contributed by atoms with Crippen molar-refractivity contribution in [1.82, 2.24) is 0 Å². The van der Waals surface area contributed by atoms with Crippen molar-refractivity contribution in [2.45, 2.75) is 105 Å². The van der Waals surface area contributed by atoms with E-state index in [0.29, 0.717) is 0 Å². The Morgan fingerprint density at radius 3 is 1.19 bits per heavy atom. The lowest BCUT2D eigenvalue weighted by molar-refractivity contribution is 0.568. The third kappa shape index (κ3) is 8.06. The van der Waals surface area contributed by atoms with Gasteiger partial charge in [0, 0.05) is 50.5 Å². The van der Waals surface area contributed by atoms with Gasteiger partial charge in [-0.25, -0.2) is 0 Å². The maximum Gasteiger partial charge on any atom is 0.252 e. The molecular formula is C70H67BN2O. The van der Waals surface area contributed by atoms with Crippen LogP contribution in [0.15, 0.2) is 192 Å². The van der Waals surface area contributed by atoms with Crippen molar-refractivity contribution < 1.29 is 4.42 Å². The Bertz CT molecular complexity index is 3580. The van der Waals surface area contributed by atoms with Gasteiger partial charge in [0.05, 0.1) is 0 Å². The van der Waals surface area contributed by atoms with Gasteiger partial charge in [-0.3, -0.25) is 0 Å². The third-order valence-electron chi connectivity index (χ3n) is 15.8. The molecule has 0 radical (unpaired) electrons. The van der Waals surface area contributed by atoms with Crippen LogP contribution in [-0.4, -0.2) is 6.71 Å². The Hall–Kier alpha value is -7.56. The predicted molar refractivity (Wildman–Crippen MR) is 319 cm³/mol. The molecule has 366 valence electrons. The Balaban J connectivity index is 1.26. The highest BCUT2D eigenvalue weighted by Gasteiger charge is 2.45. The van der Waals surface area contributed by atoms with Crippen molar-refractivity contribution in [2.24, 2.45) is 0 Å². The van der Waals surface area contributed by atoms with E-state index in [2.05, 4.69) is 281 Å². The molecular weight excluding hydrogens is 896 g/mol. The minimum atomic E-state index is -0.101. The van der Waals surface area contributed by atoms with Crippen LogP contribution in [0.25, 0.3) is 55.3 Å². The molecule has 0 bridgehead atoms. The van der Waals surface area contributed by atoms with Crippen molar-refractivity contribution >= 4 is 79.2 Å². The summed E-state index contributed by atoms with van der Waals surface area (Å²) in [6.45, 7) is 28.1. The van der Waals surface area contributed by atoms with Crippen molar-refractivity contribution in [3.63, 3.8) is 0 Å². The number of nitrogens with zero attached hydrogens (tertiary/aromatic N) is 2. The molecule has 3 nitrogen and oxygen atoms in total. The second kappa shape index (κ2) is 17.0. The molecule has 0 aliphatic carbocycles. The van der Waals surface area contributed by atoms with E-state index in [0.717, 1.165) is 44.4 Å². The SMILES string of the molecule is CC(C)(C)c1cc(N2c3cc(-c4ccccc4)ccc3B3c4ccc(-c5ccccc5)cc4N(c4cc(C(C)(C)C)cc(C(C)(C)C)c4)c4cc(-c5cccc6c5oc5ccccc56)cc2c43)cc(C(C)(C)C)c1. The first-order chi connectivity index (χ1) is 35.2. The van der Waals surface area contributed by atoms with E-state index in [9.17, 15) is 0 Å². The van der Waals surface area contributed by atoms with Crippen molar-refractivity contribution in [2.75, 3.05) is 9.80 Å². The van der Waals surface area contributed by atoms with Crippen molar-refractivity contribution in [3.8, 4) is 33.4 Å². The molecule has 0 unspecified atom stereocenters. The topological polar surface area (TPSA) is 19.6 Å². The Morgan fingerprint density at radius 2 is 0.743 bits per heavy atom. The normalized spacial score (nSPS) is 13.6. The zero-order valence-corrected chi connectivity index (χ0v) is 45.3. The van der Waals surface area contributed by atoms with Gasteiger partial charge in [-0.2, -0.15) is 0 Å². The fraction of sp³-hybridized carbons (Fsp3) is 0.229. The molecule has 0 N–H and O–H groups in total. The lowest BCUT2D eigenvalue weighted by Crippen LogP contribution is -2.61. The van der Waals surface area contributed by atoms with Crippen LogP contribution in [0.5, 0.6) is 0 Å². The Labute approximate surface area is 439 Å². The summed E-state index contributed by atoms with van der Waals surface area (Å²) in [4.78, 5) is 5.25. The first kappa shape index (κ1) is 47.4. The lowest BCUT2D eigenvalue weighted by atomic mass is 9.33. The van der Waals surface area contributed by atoms with Crippen LogP contribution in [0.2, 0.25) is 0 Å². The summed E-state index contributed by atoms with van der Waals surface area (Å²) in [6, 6.07) is 71.2. The lowest BCUT2D eigenvalue weighted by Gasteiger charge is -2.45. The van der Waals surface area contributed by atoms with Crippen LogP contribution in [0.3, 0.4) is 0 Å². The molecule has 4 heteroatoms. The van der Waals surface area contributed by atoms with Crippen molar-refractivity contribution in [1.29, 1.82) is 0 Å². The van der Waals surface area contributed by atoms with Crippen LogP contribution in [-0.2, 0) is 21.7 Å². The molecule has 10 aromatic rings. The maximum absolute atomic E-state index is 6.94. The fourth-order valence-corrected chi connectivity index (χ4v) is 11.5. The summed E-state index contributed by atoms with van der Waals surface area (Å²) in [7, 11) is 0. The molecule has 0 saturated carbocycles. The highest BCUT2D eigenvalue weighted by Crippen LogP contribution is 2.50. The van der Waals surface area contributed by atoms with E-state index >= 15 is 0 Å². The molecule has 0 spiro atoms. The summed E-state index contributed by atoms with van der Waals surface area (Å²) in [5, 5.41) is 2.24. The van der Waals surface area contributed by atoms with E-state index in [1.165, 1.54) is 83.6 Å². The monoisotopic (exact) mass is 963 g/mol. The van der Waals surface area contributed by atoms with Gasteiger partial charge in [0.1, 0.15) is 11.2 Å². The van der Waals surface area contributed by atoms with Gasteiger partial charge in [-0.1, -0.05) is 217 Å². The third-order valence-corrected chi connectivity index (χ3v) is 15.8. The summed E-state index contributed by atoms with van der Waals surface area (Å²) in [5.74, 6) is 0. The van der Waals surface area contributed by atoms with E-state index in [4.69, 9.17) is 4.42 Å². The number of furan rings is 1. The minimum Gasteiger partial charge on any atom is -0.455 e. The Kier molecular flexibility index (Phi) is 10.9. The summed E-state index contributed by atoms with van der Waals surface area (Å²) in [5.41, 5.74) is 24.5. The molecule has 74 heavy (non-hydrogen) atoms. The average Bonchev–Trinajstić information content (AvgIpc) is 3.78. The van der Waals surface area contributed by atoms with Gasteiger partial charge >= 0.3 is 0 Å². The summed E-state index contributed by atoms with van der Waals surface area (Å²) >= 11 is 0. The van der Waals surface area contributed by atoms with Crippen LogP contribution < -0.4 is 26.2 Å². The Morgan fingerprint density at radius 1 is 0.338 bits per heavy atom. The second-order valence-electron chi connectivity index (χ2n) is 25.1. The number of benzene rings is 9. The van der Waals surface area contributed by atoms with Gasteiger partial charge < -0.3 is 14.2 Å². The molecule has 9 aromatic carbocycles. The van der Waals surface area contributed by atoms with Gasteiger partial charge in [0.2, 0.25) is 0 Å². The molecule has 3 heterocycles. The van der Waals surface area contributed by atoms with E-state index in [1.807, 2.05) is 0 Å². The molecule has 0 fully saturated rings. The first-order valence-electron chi connectivity index (χ1n) is 26.6. The van der Waals surface area contributed by atoms with Gasteiger partial charge in [0.15, 0.2) is 0 Å². The quantitative estimate of drug-likeness (QED) is 0.160. The largest absolute Gasteiger partial charge is 0.455 e. The smallest absolute Gasteiger partial charge is 0.252 e. The van der Waals surface area contributed by atoms with E-state index in [1.54, 1.807) is 0 Å². The number of fused-ring (bicyclic) bond motifs is 7. The van der Waals surface area contributed by atoms with Gasteiger partial charge in [0.25, 0.3) is 6.71 Å². The van der Waals surface area contributed by atoms with Crippen LogP contribution in [0.4, 0.5) is 34.1 Å². The summed E-state index contributed by atoms with van der Waals surface area (Å²) in [6.07, 6.45) is 0. The standard InChI is InChI=1S/C70H67BN2O/c1-67(2,3)49-38-50(68(4,5)6)41-53(40-49)72-60-34-46(44-22-15-13-16-23-44)30-32-58(60)71-59-33-31-47(45-24-17-14-18-25-45)35-61(59)73(54-42-51(69(7,8)9)39-52(43-54)70(10,11)12)63-37-48(36-62(72)65(63)71)55-27-21-28-57-56-26-19-20-29-64(56)74-66(55)57/h13-43H,1-12H3. The van der Waals surface area contributed by atoms with Gasteiger partial charge in [-0.05, 0) is 143 Å². The summed E-state index contributed by atoms with van der Waals surface area (Å²) < 4.78 is 6.94. The fourth-order valence-electron chi connectivity index (χ4n) is 11.5. The van der Waals surface area contributed by atoms with Crippen LogP contribution in [0.1, 0.15) is 105 Å². The number of anilines is 6. The number of rotatable bonds is 5. The molecule has 0 atom stereocenters. The van der Waals surface area contributed by atoms with Crippen LogP contribution >= 0.6 is 0 Å². The molecule has 0 amide bonds. The average molecular weight is 963 g/mol. The van der Waals surface area contributed by atoms with Gasteiger partial charge in [-0.15, -0.1) is 0 Å². The molecule has 2 aliphatic heterocycles. The first-order valence-corrected chi connectivity index (χ1v) is 26.6. The molecule has 0 saturated heterocycles. The minimum absolute atomic E-state index is 0.0797. The van der Waals surface area contributed by atoms with E-state index in [-0.39, 0.29) is 28.4 Å². The van der Waals surface area contributed by atoms with E-state index < -0.39 is 0 Å². The number of para-hydroxylation sites is 2.